The SMILES string of the molecule is [C-]#[N+]/C(=C\c1ccc(-c2ccc(N(C)CCOC(=O)NCc3ccc(COc4nc(N)nc5nc[nH]c45)cc3)cc2)o1)C(=O)NCCOC. The third-order valence-electron chi connectivity index (χ3n) is 7.21. The second kappa shape index (κ2) is 16.4. The standard InChI is InChI=1S/C34H35N9O6/c1-36-27(31(44)37-14-16-46-3)18-26-12-13-28(49-26)24-8-10-25(11-9-24)43(2)15-17-47-34(45)38-19-22-4-6-23(7-5-22)20-48-32-29-30(40-21-39-29)41-33(35)42-32/h4-13,18,21H,14-17,19-20H2,2-3H3,(H,37,44)(H,38,45)(H3,35,39,40,41,42)/b27-18-. The number of benzene rings is 2. The highest BCUT2D eigenvalue weighted by molar-refractivity contribution is 5.99. The number of furan rings is 1. The molecule has 15 heteroatoms. The molecule has 0 bridgehead atoms. The minimum Gasteiger partial charge on any atom is -0.471 e. The predicted molar refractivity (Wildman–Crippen MR) is 182 cm³/mol. The first-order chi connectivity index (χ1) is 23.8. The Kier molecular flexibility index (Phi) is 11.4. The van der Waals surface area contributed by atoms with Gasteiger partial charge in [0.2, 0.25) is 11.8 Å². The summed E-state index contributed by atoms with van der Waals surface area (Å²) in [5, 5.41) is 5.39. The Bertz CT molecular complexity index is 1950. The number of fused-ring (bicyclic) bond motifs is 1. The second-order valence-corrected chi connectivity index (χ2v) is 10.6. The van der Waals surface area contributed by atoms with E-state index in [0.29, 0.717) is 54.8 Å². The number of hydrogen-bond acceptors (Lipinski definition) is 11. The first-order valence-corrected chi connectivity index (χ1v) is 15.2. The van der Waals surface area contributed by atoms with Gasteiger partial charge in [0.1, 0.15) is 30.3 Å². The fraction of sp³-hybridized carbons (Fsp3) is 0.235. The number of ether oxygens (including phenoxy) is 3. The first kappa shape index (κ1) is 33.9. The molecule has 0 saturated carbocycles. The number of aromatic nitrogens is 4. The molecule has 5 aromatic rings. The molecule has 252 valence electrons. The number of hydrogen-bond donors (Lipinski definition) is 4. The van der Waals surface area contributed by atoms with Gasteiger partial charge in [-0.2, -0.15) is 9.97 Å². The molecule has 2 amide bonds. The fourth-order valence-corrected chi connectivity index (χ4v) is 4.57. The number of carbonyl (C=O) groups excluding carboxylic acids is 2. The zero-order chi connectivity index (χ0) is 34.6. The average Bonchev–Trinajstić information content (AvgIpc) is 3.79. The van der Waals surface area contributed by atoms with E-state index in [4.69, 9.17) is 30.9 Å². The van der Waals surface area contributed by atoms with Gasteiger partial charge in [-0.25, -0.2) is 14.6 Å². The second-order valence-electron chi connectivity index (χ2n) is 10.6. The number of rotatable bonds is 15. The lowest BCUT2D eigenvalue weighted by molar-refractivity contribution is -0.117. The molecule has 5 N–H and O–H groups in total. The number of nitrogens with two attached hydrogens (primary N) is 1. The number of H-pyrrole nitrogens is 1. The molecule has 0 unspecified atom stereocenters. The minimum atomic E-state index is -0.516. The highest BCUT2D eigenvalue weighted by Crippen LogP contribution is 2.26. The summed E-state index contributed by atoms with van der Waals surface area (Å²) in [5.41, 5.74) is 10.2. The van der Waals surface area contributed by atoms with Crippen LogP contribution in [0.1, 0.15) is 16.9 Å². The van der Waals surface area contributed by atoms with Gasteiger partial charge in [-0.05, 0) is 53.6 Å². The summed E-state index contributed by atoms with van der Waals surface area (Å²) in [6, 6.07) is 18.7. The Morgan fingerprint density at radius 1 is 1.04 bits per heavy atom. The van der Waals surface area contributed by atoms with E-state index in [-0.39, 0.29) is 24.9 Å². The maximum Gasteiger partial charge on any atom is 0.407 e. The lowest BCUT2D eigenvalue weighted by Crippen LogP contribution is -2.28. The summed E-state index contributed by atoms with van der Waals surface area (Å²) in [7, 11) is 3.43. The first-order valence-electron chi connectivity index (χ1n) is 15.2. The number of likely N-dealkylation sites (N-methyl/N-ethyl adjacent to an activating group) is 1. The van der Waals surface area contributed by atoms with Crippen LogP contribution in [0.5, 0.6) is 5.88 Å². The maximum absolute atomic E-state index is 12.3. The number of anilines is 2. The smallest absolute Gasteiger partial charge is 0.407 e. The third kappa shape index (κ3) is 9.33. The van der Waals surface area contributed by atoms with Gasteiger partial charge < -0.3 is 44.9 Å². The lowest BCUT2D eigenvalue weighted by atomic mass is 10.1. The van der Waals surface area contributed by atoms with Crippen molar-refractivity contribution in [1.82, 2.24) is 30.6 Å². The molecule has 5 rings (SSSR count). The average molecular weight is 666 g/mol. The molecule has 2 aromatic carbocycles. The third-order valence-corrected chi connectivity index (χ3v) is 7.21. The largest absolute Gasteiger partial charge is 0.471 e. The molecule has 0 aliphatic rings. The van der Waals surface area contributed by atoms with Crippen molar-refractivity contribution in [2.75, 3.05) is 51.1 Å². The van der Waals surface area contributed by atoms with Crippen LogP contribution in [0.15, 0.2) is 77.1 Å². The molecule has 0 aliphatic heterocycles. The van der Waals surface area contributed by atoms with Gasteiger partial charge in [-0.15, -0.1) is 0 Å². The van der Waals surface area contributed by atoms with E-state index in [9.17, 15) is 9.59 Å². The van der Waals surface area contributed by atoms with E-state index in [2.05, 4.69) is 35.4 Å². The summed E-state index contributed by atoms with van der Waals surface area (Å²) in [6.45, 7) is 9.21. The number of nitrogens with zero attached hydrogens (tertiary/aromatic N) is 5. The van der Waals surface area contributed by atoms with Crippen molar-refractivity contribution in [3.63, 3.8) is 0 Å². The van der Waals surface area contributed by atoms with Crippen LogP contribution in [-0.2, 0) is 27.4 Å². The number of imidazole rings is 1. The topological polar surface area (TPSA) is 187 Å². The Morgan fingerprint density at radius 2 is 1.82 bits per heavy atom. The van der Waals surface area contributed by atoms with Crippen LogP contribution < -0.4 is 26.0 Å². The van der Waals surface area contributed by atoms with Crippen LogP contribution in [0.2, 0.25) is 0 Å². The summed E-state index contributed by atoms with van der Waals surface area (Å²) in [6.07, 6.45) is 2.39. The summed E-state index contributed by atoms with van der Waals surface area (Å²) >= 11 is 0. The predicted octanol–water partition coefficient (Wildman–Crippen LogP) is 4.16. The number of methoxy groups -OCH3 is 1. The van der Waals surface area contributed by atoms with E-state index < -0.39 is 12.0 Å². The Morgan fingerprint density at radius 3 is 2.57 bits per heavy atom. The van der Waals surface area contributed by atoms with Gasteiger partial charge in [-0.3, -0.25) is 4.79 Å². The van der Waals surface area contributed by atoms with Crippen molar-refractivity contribution in [1.29, 1.82) is 0 Å². The highest BCUT2D eigenvalue weighted by Gasteiger charge is 2.13. The van der Waals surface area contributed by atoms with E-state index in [1.165, 1.54) is 19.5 Å². The molecule has 0 spiro atoms. The van der Waals surface area contributed by atoms with E-state index in [1.54, 1.807) is 12.1 Å². The molecular formula is C34H35N9O6. The van der Waals surface area contributed by atoms with Gasteiger partial charge in [-0.1, -0.05) is 24.3 Å². The van der Waals surface area contributed by atoms with Crippen molar-refractivity contribution in [3.8, 4) is 17.2 Å². The number of amides is 2. The zero-order valence-electron chi connectivity index (χ0n) is 26.9. The van der Waals surface area contributed by atoms with Crippen LogP contribution in [0.4, 0.5) is 16.4 Å². The monoisotopic (exact) mass is 665 g/mol. The normalized spacial score (nSPS) is 11.2. The molecule has 0 radical (unpaired) electrons. The molecule has 15 nitrogen and oxygen atoms in total. The van der Waals surface area contributed by atoms with Gasteiger partial charge in [0.15, 0.2) is 5.65 Å². The molecule has 0 saturated heterocycles. The number of aromatic amines is 1. The summed E-state index contributed by atoms with van der Waals surface area (Å²) in [4.78, 5) is 45.0. The van der Waals surface area contributed by atoms with E-state index >= 15 is 0 Å². The van der Waals surface area contributed by atoms with E-state index in [0.717, 1.165) is 22.4 Å². The van der Waals surface area contributed by atoms with Crippen LogP contribution in [0.25, 0.3) is 33.4 Å². The van der Waals surface area contributed by atoms with Crippen LogP contribution >= 0.6 is 0 Å². The van der Waals surface area contributed by atoms with Crippen molar-refractivity contribution in [3.05, 3.63) is 101 Å². The van der Waals surface area contributed by atoms with Crippen molar-refractivity contribution < 1.29 is 28.2 Å². The number of alkyl carbamates (subject to hydrolysis) is 1. The Labute approximate surface area is 281 Å². The maximum atomic E-state index is 12.3. The van der Waals surface area contributed by atoms with Gasteiger partial charge >= 0.3 is 6.09 Å². The molecule has 3 heterocycles. The van der Waals surface area contributed by atoms with Gasteiger partial charge in [0, 0.05) is 38.5 Å². The Hall–Kier alpha value is -6.40. The molecule has 3 aromatic heterocycles. The quantitative estimate of drug-likeness (QED) is 0.0715. The molecular weight excluding hydrogens is 630 g/mol. The number of carbonyl (C=O) groups is 2. The van der Waals surface area contributed by atoms with E-state index in [1.807, 2.05) is 60.5 Å². The molecule has 0 aliphatic carbocycles. The van der Waals surface area contributed by atoms with Gasteiger partial charge in [0.05, 0.1) is 26.1 Å². The summed E-state index contributed by atoms with van der Waals surface area (Å²) < 4.78 is 21.9. The molecule has 0 fully saturated rings. The van der Waals surface area contributed by atoms with Crippen molar-refractivity contribution in [2.24, 2.45) is 0 Å². The highest BCUT2D eigenvalue weighted by atomic mass is 16.5. The Balaban J connectivity index is 1.03. The van der Waals surface area contributed by atoms with Crippen LogP contribution in [0, 0.1) is 6.57 Å². The van der Waals surface area contributed by atoms with Crippen molar-refractivity contribution >= 4 is 40.9 Å². The minimum absolute atomic E-state index is 0.0790. The zero-order valence-corrected chi connectivity index (χ0v) is 26.9. The van der Waals surface area contributed by atoms with Crippen LogP contribution in [-0.4, -0.2) is 72.4 Å². The fourth-order valence-electron chi connectivity index (χ4n) is 4.57. The van der Waals surface area contributed by atoms with Gasteiger partial charge in [0.25, 0.3) is 11.6 Å². The van der Waals surface area contributed by atoms with Crippen molar-refractivity contribution in [2.45, 2.75) is 13.2 Å². The lowest BCUT2D eigenvalue weighted by Gasteiger charge is -2.19. The molecule has 0 atom stereocenters. The summed E-state index contributed by atoms with van der Waals surface area (Å²) in [5.74, 6) is 0.899. The van der Waals surface area contributed by atoms with Crippen LogP contribution in [0.3, 0.4) is 0 Å². The number of nitrogens with one attached hydrogen (secondary N) is 3. The number of nitrogen functional groups attached to an aromatic ring is 1. The molecule has 49 heavy (non-hydrogen) atoms.